The molecule has 0 saturated heterocycles. The molecule has 0 aliphatic carbocycles. The molecule has 11 heteroatoms. The van der Waals surface area contributed by atoms with Crippen LogP contribution in [0.15, 0.2) is 42.5 Å². The van der Waals surface area contributed by atoms with Gasteiger partial charge < -0.3 is 14.8 Å². The second-order valence-corrected chi connectivity index (χ2v) is 6.56. The molecule has 31 heavy (non-hydrogen) atoms. The molecule has 1 atom stereocenters. The Morgan fingerprint density at radius 1 is 1.29 bits per heavy atom. The minimum atomic E-state index is -2.89. The van der Waals surface area contributed by atoms with Gasteiger partial charge in [0.1, 0.15) is 5.69 Å². The third-order valence-electron chi connectivity index (χ3n) is 4.52. The lowest BCUT2D eigenvalue weighted by Gasteiger charge is -2.15. The number of nitrogens with zero attached hydrogens (tertiary/aromatic N) is 3. The molecule has 0 aliphatic rings. The molecule has 0 fully saturated rings. The molecule has 0 amide bonds. The lowest BCUT2D eigenvalue weighted by atomic mass is 10.1. The molecule has 0 aliphatic heterocycles. The predicted octanol–water partition coefficient (Wildman–Crippen LogP) is 4.32. The summed E-state index contributed by atoms with van der Waals surface area (Å²) < 4.78 is 38.1. The van der Waals surface area contributed by atoms with E-state index in [1.165, 1.54) is 32.2 Å². The van der Waals surface area contributed by atoms with E-state index in [2.05, 4.69) is 10.3 Å². The lowest BCUT2D eigenvalue weighted by Crippen LogP contribution is -2.15. The summed E-state index contributed by atoms with van der Waals surface area (Å²) in [4.78, 5) is 27.5. The normalized spacial score (nSPS) is 12.2. The maximum Gasteiger partial charge on any atom is 0.339 e. The van der Waals surface area contributed by atoms with Crippen LogP contribution in [0.25, 0.3) is 11.0 Å². The van der Waals surface area contributed by atoms with Crippen LogP contribution in [0.1, 0.15) is 35.8 Å². The van der Waals surface area contributed by atoms with Crippen LogP contribution in [-0.2, 0) is 9.47 Å². The van der Waals surface area contributed by atoms with Gasteiger partial charge in [0.2, 0.25) is 0 Å². The second-order valence-electron chi connectivity index (χ2n) is 6.56. The molecule has 1 N–H and O–H groups in total. The second kappa shape index (κ2) is 9.47. The zero-order valence-electron chi connectivity index (χ0n) is 16.7. The van der Waals surface area contributed by atoms with Gasteiger partial charge in [-0.15, -0.1) is 0 Å². The van der Waals surface area contributed by atoms with Crippen LogP contribution in [0.2, 0.25) is 0 Å². The van der Waals surface area contributed by atoms with Crippen molar-refractivity contribution in [1.29, 1.82) is 0 Å². The number of nitro groups is 1. The van der Waals surface area contributed by atoms with Gasteiger partial charge >= 0.3 is 12.5 Å². The van der Waals surface area contributed by atoms with E-state index in [4.69, 9.17) is 9.47 Å². The number of anilines is 1. The molecular formula is C20H20F2N4O5. The highest BCUT2D eigenvalue weighted by atomic mass is 19.3. The lowest BCUT2D eigenvalue weighted by molar-refractivity contribution is -0.384. The predicted molar refractivity (Wildman–Crippen MR) is 108 cm³/mol. The Morgan fingerprint density at radius 3 is 2.71 bits per heavy atom. The van der Waals surface area contributed by atoms with Gasteiger partial charge in [-0.2, -0.15) is 8.78 Å². The Balaban J connectivity index is 1.84. The van der Waals surface area contributed by atoms with Gasteiger partial charge in [0.25, 0.3) is 5.69 Å². The van der Waals surface area contributed by atoms with Crippen LogP contribution < -0.4 is 5.32 Å². The highest BCUT2D eigenvalue weighted by Crippen LogP contribution is 2.30. The van der Waals surface area contributed by atoms with Crippen LogP contribution in [0.4, 0.5) is 20.2 Å². The van der Waals surface area contributed by atoms with Gasteiger partial charge in [-0.25, -0.2) is 9.78 Å². The number of carbonyl (C=O) groups is 1. The first kappa shape index (κ1) is 22.1. The Hall–Kier alpha value is -3.60. The van der Waals surface area contributed by atoms with Crippen molar-refractivity contribution in [3.8, 4) is 0 Å². The van der Waals surface area contributed by atoms with Gasteiger partial charge in [0, 0.05) is 19.7 Å². The number of carbonyl (C=O) groups excluding carboxylic acids is 1. The number of methoxy groups -OCH3 is 1. The topological polar surface area (TPSA) is 109 Å². The third-order valence-corrected chi connectivity index (χ3v) is 4.52. The number of aromatic nitrogens is 2. The Kier molecular flexibility index (Phi) is 6.75. The molecule has 0 saturated carbocycles. The number of ether oxygens (including phenoxy) is 2. The first-order chi connectivity index (χ1) is 14.8. The number of rotatable bonds is 9. The zero-order valence-corrected chi connectivity index (χ0v) is 16.7. The number of nitrogens with one attached hydrogen (secondary N) is 1. The van der Waals surface area contributed by atoms with Crippen molar-refractivity contribution in [1.82, 2.24) is 9.55 Å². The molecule has 0 spiro atoms. The summed E-state index contributed by atoms with van der Waals surface area (Å²) in [5.41, 5.74) is 0.347. The molecule has 0 radical (unpaired) electrons. The number of nitro benzene ring substituents is 1. The van der Waals surface area contributed by atoms with E-state index in [1.54, 1.807) is 18.2 Å². The summed E-state index contributed by atoms with van der Waals surface area (Å²) in [6, 6.07) is 10.1. The molecule has 3 aromatic rings. The highest BCUT2D eigenvalue weighted by molar-refractivity contribution is 5.91. The largest absolute Gasteiger partial charge is 0.451 e. The first-order valence-corrected chi connectivity index (χ1v) is 9.30. The number of hydrogen-bond donors (Lipinski definition) is 1. The van der Waals surface area contributed by atoms with Gasteiger partial charge in [0.05, 0.1) is 28.1 Å². The van der Waals surface area contributed by atoms with E-state index >= 15 is 0 Å². The SMILES string of the molecule is COCCNc1ccc(C(=O)OC(C)c2nc3ccccc3n2C(F)F)cc1[N+](=O)[O-]. The fraction of sp³-hybridized carbons (Fsp3) is 0.300. The Labute approximate surface area is 175 Å². The summed E-state index contributed by atoms with van der Waals surface area (Å²) in [6.07, 6.45) is -1.12. The Morgan fingerprint density at radius 2 is 2.03 bits per heavy atom. The van der Waals surface area contributed by atoms with Crippen LogP contribution in [-0.4, -0.2) is 40.7 Å². The number of halogens is 2. The number of hydrogen-bond acceptors (Lipinski definition) is 7. The van der Waals surface area contributed by atoms with Crippen molar-refractivity contribution in [2.45, 2.75) is 19.6 Å². The summed E-state index contributed by atoms with van der Waals surface area (Å²) in [5, 5.41) is 14.2. The van der Waals surface area contributed by atoms with E-state index in [9.17, 15) is 23.7 Å². The molecule has 0 bridgehead atoms. The minimum Gasteiger partial charge on any atom is -0.451 e. The molecule has 2 aromatic carbocycles. The Bertz CT molecular complexity index is 1100. The third kappa shape index (κ3) is 4.77. The molecule has 1 aromatic heterocycles. The maximum absolute atomic E-state index is 13.6. The van der Waals surface area contributed by atoms with Crippen molar-refractivity contribution in [2.24, 2.45) is 0 Å². The minimum absolute atomic E-state index is 0.0875. The number of benzene rings is 2. The van der Waals surface area contributed by atoms with E-state index in [0.29, 0.717) is 23.2 Å². The average Bonchev–Trinajstić information content (AvgIpc) is 3.14. The van der Waals surface area contributed by atoms with E-state index in [0.717, 1.165) is 6.07 Å². The zero-order chi connectivity index (χ0) is 22.5. The smallest absolute Gasteiger partial charge is 0.339 e. The summed E-state index contributed by atoms with van der Waals surface area (Å²) in [5.74, 6) is -1.02. The van der Waals surface area contributed by atoms with Gasteiger partial charge in [-0.1, -0.05) is 12.1 Å². The average molecular weight is 434 g/mol. The van der Waals surface area contributed by atoms with Crippen LogP contribution in [0.5, 0.6) is 0 Å². The molecule has 1 unspecified atom stereocenters. The molecule has 9 nitrogen and oxygen atoms in total. The van der Waals surface area contributed by atoms with Gasteiger partial charge in [-0.3, -0.25) is 14.7 Å². The molecule has 1 heterocycles. The summed E-state index contributed by atoms with van der Waals surface area (Å²) >= 11 is 0. The maximum atomic E-state index is 13.6. The van der Waals surface area contributed by atoms with Crippen LogP contribution >= 0.6 is 0 Å². The van der Waals surface area contributed by atoms with Crippen molar-refractivity contribution in [3.05, 3.63) is 64.0 Å². The fourth-order valence-electron chi connectivity index (χ4n) is 3.08. The van der Waals surface area contributed by atoms with E-state index in [1.807, 2.05) is 0 Å². The molecular weight excluding hydrogens is 414 g/mol. The van der Waals surface area contributed by atoms with Crippen molar-refractivity contribution in [3.63, 3.8) is 0 Å². The first-order valence-electron chi connectivity index (χ1n) is 9.30. The summed E-state index contributed by atoms with van der Waals surface area (Å²) in [6.45, 7) is -0.805. The van der Waals surface area contributed by atoms with Crippen LogP contribution in [0.3, 0.4) is 0 Å². The summed E-state index contributed by atoms with van der Waals surface area (Å²) in [7, 11) is 1.50. The monoisotopic (exact) mass is 434 g/mol. The van der Waals surface area contributed by atoms with Crippen molar-refractivity contribution < 1.29 is 28.0 Å². The number of esters is 1. The standard InChI is InChI=1S/C20H20F2N4O5/c1-12(18-24-15-5-3-4-6-16(15)25(18)20(21)22)31-19(27)13-7-8-14(23-9-10-30-2)17(11-13)26(28)29/h3-8,11-12,20,23H,9-10H2,1-2H3. The van der Waals surface area contributed by atoms with Gasteiger partial charge in [0.15, 0.2) is 11.9 Å². The number of fused-ring (bicyclic) bond motifs is 1. The van der Waals surface area contributed by atoms with E-state index in [-0.39, 0.29) is 28.3 Å². The number of imidazole rings is 1. The molecule has 164 valence electrons. The van der Waals surface area contributed by atoms with Crippen molar-refractivity contribution in [2.75, 3.05) is 25.6 Å². The van der Waals surface area contributed by atoms with Gasteiger partial charge in [-0.05, 0) is 31.2 Å². The van der Waals surface area contributed by atoms with Crippen molar-refractivity contribution >= 4 is 28.4 Å². The number of alkyl halides is 2. The van der Waals surface area contributed by atoms with E-state index < -0.39 is 23.5 Å². The fourth-order valence-corrected chi connectivity index (χ4v) is 3.08. The molecule has 3 rings (SSSR count). The van der Waals surface area contributed by atoms with Crippen LogP contribution in [0, 0.1) is 10.1 Å². The quantitative estimate of drug-likeness (QED) is 0.231. The highest BCUT2D eigenvalue weighted by Gasteiger charge is 2.26. The number of para-hydroxylation sites is 2.